The number of anilines is 2. The Bertz CT molecular complexity index is 793. The molecule has 0 bridgehead atoms. The number of hydrogen-bond donors (Lipinski definition) is 1. The van der Waals surface area contributed by atoms with Crippen molar-refractivity contribution >= 4 is 17.3 Å². The fourth-order valence-electron chi connectivity index (χ4n) is 3.32. The van der Waals surface area contributed by atoms with E-state index < -0.39 is 0 Å². The molecule has 1 N–H and O–H groups in total. The van der Waals surface area contributed by atoms with E-state index in [-0.39, 0.29) is 5.91 Å². The summed E-state index contributed by atoms with van der Waals surface area (Å²) in [5, 5.41) is 3.03. The average molecular weight is 335 g/mol. The van der Waals surface area contributed by atoms with Crippen molar-refractivity contribution in [2.75, 3.05) is 16.8 Å². The maximum atomic E-state index is 12.1. The molecule has 0 saturated heterocycles. The van der Waals surface area contributed by atoms with Crippen LogP contribution in [-0.4, -0.2) is 17.0 Å². The van der Waals surface area contributed by atoms with E-state index in [4.69, 9.17) is 0 Å². The third-order valence-electron chi connectivity index (χ3n) is 4.61. The Morgan fingerprint density at radius 3 is 2.76 bits per heavy atom. The lowest BCUT2D eigenvalue weighted by atomic mass is 10.1. The number of amides is 1. The predicted octanol–water partition coefficient (Wildman–Crippen LogP) is 4.20. The second-order valence-corrected chi connectivity index (χ2v) is 6.49. The smallest absolute Gasteiger partial charge is 0.228 e. The molecule has 4 nitrogen and oxygen atoms in total. The molecular weight excluding hydrogens is 310 g/mol. The molecular formula is C21H25N3O. The molecule has 3 rings (SSSR count). The number of benzene rings is 1. The van der Waals surface area contributed by atoms with Crippen molar-refractivity contribution in [2.45, 2.75) is 33.4 Å². The monoisotopic (exact) mass is 335 g/mol. The van der Waals surface area contributed by atoms with Crippen molar-refractivity contribution in [3.05, 3.63) is 72.1 Å². The van der Waals surface area contributed by atoms with Crippen molar-refractivity contribution in [3.8, 4) is 0 Å². The summed E-state index contributed by atoms with van der Waals surface area (Å²) in [7, 11) is 0. The number of carbonyl (C=O) groups excluding carboxylic acids is 1. The lowest BCUT2D eigenvalue weighted by Crippen LogP contribution is -2.33. The van der Waals surface area contributed by atoms with E-state index in [2.05, 4.69) is 65.7 Å². The Morgan fingerprint density at radius 2 is 2.04 bits per heavy atom. The van der Waals surface area contributed by atoms with Crippen molar-refractivity contribution in [2.24, 2.45) is 0 Å². The van der Waals surface area contributed by atoms with Crippen LogP contribution in [-0.2, 0) is 17.9 Å². The maximum Gasteiger partial charge on any atom is 0.228 e. The number of fused-ring (bicyclic) bond motifs is 1. The summed E-state index contributed by atoms with van der Waals surface area (Å²) in [6.45, 7) is 10.6. The molecule has 0 fully saturated rings. The first kappa shape index (κ1) is 17.1. The highest BCUT2D eigenvalue weighted by molar-refractivity contribution is 5.93. The predicted molar refractivity (Wildman–Crippen MR) is 104 cm³/mol. The number of carbonyl (C=O) groups is 1. The number of nitrogens with zero attached hydrogens (tertiary/aromatic N) is 2. The van der Waals surface area contributed by atoms with Crippen LogP contribution in [0.25, 0.3) is 0 Å². The van der Waals surface area contributed by atoms with Crippen LogP contribution in [0.3, 0.4) is 0 Å². The van der Waals surface area contributed by atoms with Crippen molar-refractivity contribution in [1.29, 1.82) is 0 Å². The number of allylic oxidation sites excluding steroid dienone is 2. The van der Waals surface area contributed by atoms with E-state index in [0.29, 0.717) is 6.42 Å². The fraction of sp³-hybridized carbons (Fsp3) is 0.286. The standard InChI is InChI=1S/C21H25N3O/c1-4-5-6-9-20(25)22-21-16(2)13-19(14-17(21)3)24-12-11-23-10-7-8-18(23)15-24/h4-8,10,13-14H,1,9,11-12,15H2,2-3H3,(H,22,25). The number of aryl methyl sites for hydroxylation is 2. The van der Waals surface area contributed by atoms with E-state index in [1.165, 1.54) is 11.4 Å². The van der Waals surface area contributed by atoms with Crippen molar-refractivity contribution in [3.63, 3.8) is 0 Å². The zero-order chi connectivity index (χ0) is 17.8. The van der Waals surface area contributed by atoms with E-state index in [9.17, 15) is 4.79 Å². The molecule has 130 valence electrons. The van der Waals surface area contributed by atoms with Crippen LogP contribution < -0.4 is 10.2 Å². The fourth-order valence-corrected chi connectivity index (χ4v) is 3.32. The van der Waals surface area contributed by atoms with Crippen molar-refractivity contribution in [1.82, 2.24) is 4.57 Å². The van der Waals surface area contributed by atoms with Gasteiger partial charge in [0, 0.05) is 42.8 Å². The Balaban J connectivity index is 1.75. The quantitative estimate of drug-likeness (QED) is 0.832. The Labute approximate surface area is 149 Å². The molecule has 0 radical (unpaired) electrons. The lowest BCUT2D eigenvalue weighted by molar-refractivity contribution is -0.115. The molecule has 0 atom stereocenters. The van der Waals surface area contributed by atoms with Crippen LogP contribution in [0.1, 0.15) is 23.2 Å². The Kier molecular flexibility index (Phi) is 5.08. The molecule has 0 aliphatic carbocycles. The van der Waals surface area contributed by atoms with Gasteiger partial charge < -0.3 is 14.8 Å². The molecule has 2 heterocycles. The van der Waals surface area contributed by atoms with Gasteiger partial charge in [-0.15, -0.1) is 0 Å². The summed E-state index contributed by atoms with van der Waals surface area (Å²) >= 11 is 0. The Morgan fingerprint density at radius 1 is 1.28 bits per heavy atom. The first-order valence-corrected chi connectivity index (χ1v) is 8.66. The third kappa shape index (κ3) is 3.85. The third-order valence-corrected chi connectivity index (χ3v) is 4.61. The first-order valence-electron chi connectivity index (χ1n) is 8.66. The second kappa shape index (κ2) is 7.43. The summed E-state index contributed by atoms with van der Waals surface area (Å²) in [4.78, 5) is 14.5. The summed E-state index contributed by atoms with van der Waals surface area (Å²) in [5.41, 5.74) is 5.66. The number of hydrogen-bond acceptors (Lipinski definition) is 2. The molecule has 1 aromatic heterocycles. The molecule has 1 aliphatic heterocycles. The van der Waals surface area contributed by atoms with Gasteiger partial charge in [-0.1, -0.05) is 24.8 Å². The molecule has 1 aliphatic rings. The highest BCUT2D eigenvalue weighted by atomic mass is 16.1. The van der Waals surface area contributed by atoms with Crippen LogP contribution in [0, 0.1) is 13.8 Å². The largest absolute Gasteiger partial charge is 0.364 e. The summed E-state index contributed by atoms with van der Waals surface area (Å²) in [6, 6.07) is 8.62. The van der Waals surface area contributed by atoms with E-state index >= 15 is 0 Å². The summed E-state index contributed by atoms with van der Waals surface area (Å²) in [5.74, 6) is -0.00662. The van der Waals surface area contributed by atoms with E-state index in [1.807, 2.05) is 6.08 Å². The number of rotatable bonds is 5. The topological polar surface area (TPSA) is 37.3 Å². The van der Waals surface area contributed by atoms with Gasteiger partial charge in [0.05, 0.1) is 6.54 Å². The van der Waals surface area contributed by atoms with Gasteiger partial charge in [0.15, 0.2) is 0 Å². The minimum Gasteiger partial charge on any atom is -0.364 e. The second-order valence-electron chi connectivity index (χ2n) is 6.49. The molecule has 1 aromatic carbocycles. The highest BCUT2D eigenvalue weighted by Crippen LogP contribution is 2.29. The molecule has 2 aromatic rings. The molecule has 0 spiro atoms. The van der Waals surface area contributed by atoms with Gasteiger partial charge in [-0.3, -0.25) is 4.79 Å². The van der Waals surface area contributed by atoms with Gasteiger partial charge in [0.25, 0.3) is 0 Å². The number of aromatic nitrogens is 1. The van der Waals surface area contributed by atoms with Crippen molar-refractivity contribution < 1.29 is 4.79 Å². The molecule has 1 amide bonds. The molecule has 0 unspecified atom stereocenters. The normalized spacial score (nSPS) is 13.8. The van der Waals surface area contributed by atoms with Gasteiger partial charge in [-0.25, -0.2) is 0 Å². The van der Waals surface area contributed by atoms with E-state index in [1.54, 1.807) is 12.2 Å². The SMILES string of the molecule is C=CC=CCC(=O)Nc1c(C)cc(N2CCn3cccc3C2)cc1C. The van der Waals surface area contributed by atoms with Crippen LogP contribution in [0.5, 0.6) is 0 Å². The minimum atomic E-state index is -0.00662. The van der Waals surface area contributed by atoms with Gasteiger partial charge in [-0.05, 0) is 49.2 Å². The van der Waals surface area contributed by atoms with Crippen LogP contribution in [0.4, 0.5) is 11.4 Å². The van der Waals surface area contributed by atoms with Gasteiger partial charge in [0.2, 0.25) is 5.91 Å². The maximum absolute atomic E-state index is 12.1. The van der Waals surface area contributed by atoms with Crippen LogP contribution in [0.2, 0.25) is 0 Å². The molecule has 25 heavy (non-hydrogen) atoms. The Hall–Kier alpha value is -2.75. The zero-order valence-electron chi connectivity index (χ0n) is 15.0. The van der Waals surface area contributed by atoms with Crippen LogP contribution >= 0.6 is 0 Å². The minimum absolute atomic E-state index is 0.00662. The van der Waals surface area contributed by atoms with Gasteiger partial charge >= 0.3 is 0 Å². The number of nitrogens with one attached hydrogen (secondary N) is 1. The van der Waals surface area contributed by atoms with Gasteiger partial charge in [0.1, 0.15) is 0 Å². The van der Waals surface area contributed by atoms with E-state index in [0.717, 1.165) is 36.4 Å². The molecule has 0 saturated carbocycles. The summed E-state index contributed by atoms with van der Waals surface area (Å²) < 4.78 is 2.31. The van der Waals surface area contributed by atoms with Gasteiger partial charge in [-0.2, -0.15) is 0 Å². The molecule has 4 heteroatoms. The zero-order valence-corrected chi connectivity index (χ0v) is 15.0. The average Bonchev–Trinajstić information content (AvgIpc) is 3.06. The first-order chi connectivity index (χ1) is 12.1. The van der Waals surface area contributed by atoms with Crippen LogP contribution in [0.15, 0.2) is 55.3 Å². The highest BCUT2D eigenvalue weighted by Gasteiger charge is 2.17. The lowest BCUT2D eigenvalue weighted by Gasteiger charge is -2.31. The summed E-state index contributed by atoms with van der Waals surface area (Å²) in [6.07, 6.45) is 7.77.